The van der Waals surface area contributed by atoms with E-state index in [4.69, 9.17) is 4.74 Å². The van der Waals surface area contributed by atoms with E-state index in [2.05, 4.69) is 4.72 Å². The maximum atomic E-state index is 12.2. The lowest BCUT2D eigenvalue weighted by molar-refractivity contribution is 0.192. The van der Waals surface area contributed by atoms with Crippen LogP contribution in [0.2, 0.25) is 0 Å². The van der Waals surface area contributed by atoms with Gasteiger partial charge in [-0.05, 0) is 48.9 Å². The van der Waals surface area contributed by atoms with E-state index in [1.807, 2.05) is 6.92 Å². The molecule has 0 unspecified atom stereocenters. The normalized spacial score (nSPS) is 11.8. The van der Waals surface area contributed by atoms with Gasteiger partial charge in [0.25, 0.3) is 0 Å². The van der Waals surface area contributed by atoms with Crippen LogP contribution in [0.15, 0.2) is 23.1 Å². The van der Waals surface area contributed by atoms with Crippen molar-refractivity contribution < 1.29 is 18.3 Å². The van der Waals surface area contributed by atoms with Crippen molar-refractivity contribution >= 4 is 10.0 Å². The van der Waals surface area contributed by atoms with E-state index in [0.29, 0.717) is 18.7 Å². The van der Waals surface area contributed by atoms with Crippen molar-refractivity contribution in [2.24, 2.45) is 0 Å². The third-order valence-electron chi connectivity index (χ3n) is 3.36. The van der Waals surface area contributed by atoms with Crippen LogP contribution in [0, 0.1) is 0 Å². The van der Waals surface area contributed by atoms with Crippen molar-refractivity contribution in [2.45, 2.75) is 44.1 Å². The first-order chi connectivity index (χ1) is 10.0. The van der Waals surface area contributed by atoms with E-state index in [1.165, 1.54) is 0 Å². The van der Waals surface area contributed by atoms with Crippen molar-refractivity contribution in [2.75, 3.05) is 20.3 Å². The molecule has 120 valence electrons. The van der Waals surface area contributed by atoms with E-state index in [1.54, 1.807) is 25.3 Å². The number of unbranched alkanes of at least 4 members (excludes halogenated alkanes) is 2. The number of nitrogens with one attached hydrogen (secondary N) is 1. The van der Waals surface area contributed by atoms with Crippen LogP contribution < -0.4 is 4.72 Å². The van der Waals surface area contributed by atoms with Crippen LogP contribution in [-0.4, -0.2) is 33.8 Å². The van der Waals surface area contributed by atoms with Gasteiger partial charge in [-0.2, -0.15) is 0 Å². The second kappa shape index (κ2) is 9.15. The zero-order valence-electron chi connectivity index (χ0n) is 12.8. The second-order valence-electron chi connectivity index (χ2n) is 4.89. The number of aryl methyl sites for hydroxylation is 1. The Labute approximate surface area is 127 Å². The summed E-state index contributed by atoms with van der Waals surface area (Å²) < 4.78 is 31.9. The van der Waals surface area contributed by atoms with Crippen molar-refractivity contribution in [3.8, 4) is 0 Å². The molecule has 0 bridgehead atoms. The Bertz CT molecular complexity index is 528. The maximum absolute atomic E-state index is 12.2. The lowest BCUT2D eigenvalue weighted by Crippen LogP contribution is -2.25. The molecule has 0 spiro atoms. The molecule has 2 N–H and O–H groups in total. The molecule has 0 saturated carbocycles. The topological polar surface area (TPSA) is 75.6 Å². The second-order valence-corrected chi connectivity index (χ2v) is 6.66. The SMILES string of the molecule is CCc1ccc(S(=O)(=O)NCCCCCOC)cc1CO. The third kappa shape index (κ3) is 5.74. The Balaban J connectivity index is 2.62. The minimum Gasteiger partial charge on any atom is -0.392 e. The molecular formula is C15H25NO4S. The van der Waals surface area contributed by atoms with Crippen LogP contribution in [0.25, 0.3) is 0 Å². The molecule has 5 nitrogen and oxygen atoms in total. The minimum atomic E-state index is -3.50. The third-order valence-corrected chi connectivity index (χ3v) is 4.82. The van der Waals surface area contributed by atoms with Gasteiger partial charge in [-0.3, -0.25) is 0 Å². The highest BCUT2D eigenvalue weighted by Crippen LogP contribution is 2.17. The van der Waals surface area contributed by atoms with Crippen molar-refractivity contribution in [3.63, 3.8) is 0 Å². The van der Waals surface area contributed by atoms with Gasteiger partial charge >= 0.3 is 0 Å². The van der Waals surface area contributed by atoms with Gasteiger partial charge in [0.2, 0.25) is 10.0 Å². The summed E-state index contributed by atoms with van der Waals surface area (Å²) in [6.07, 6.45) is 3.40. The molecule has 0 aliphatic rings. The molecule has 0 atom stereocenters. The number of hydrogen-bond donors (Lipinski definition) is 2. The number of sulfonamides is 1. The first-order valence-corrected chi connectivity index (χ1v) is 8.74. The standard InChI is InChI=1S/C15H25NO4S/c1-3-13-7-8-15(11-14(13)12-17)21(18,19)16-9-5-4-6-10-20-2/h7-8,11,16-17H,3-6,9-10,12H2,1-2H3. The fourth-order valence-corrected chi connectivity index (χ4v) is 3.22. The Hall–Kier alpha value is -0.950. The molecule has 0 aromatic heterocycles. The lowest BCUT2D eigenvalue weighted by atomic mass is 10.1. The van der Waals surface area contributed by atoms with Crippen LogP contribution >= 0.6 is 0 Å². The Morgan fingerprint density at radius 3 is 2.57 bits per heavy atom. The van der Waals surface area contributed by atoms with Crippen LogP contribution in [0.3, 0.4) is 0 Å². The highest BCUT2D eigenvalue weighted by Gasteiger charge is 2.14. The summed E-state index contributed by atoms with van der Waals surface area (Å²) in [7, 11) is -1.85. The Kier molecular flexibility index (Phi) is 7.88. The van der Waals surface area contributed by atoms with Gasteiger partial charge in [-0.1, -0.05) is 13.0 Å². The van der Waals surface area contributed by atoms with E-state index >= 15 is 0 Å². The zero-order chi connectivity index (χ0) is 15.7. The van der Waals surface area contributed by atoms with Gasteiger partial charge in [0.1, 0.15) is 0 Å². The minimum absolute atomic E-state index is 0.149. The van der Waals surface area contributed by atoms with Gasteiger partial charge in [0.05, 0.1) is 11.5 Å². The summed E-state index contributed by atoms with van der Waals surface area (Å²) in [5.74, 6) is 0. The highest BCUT2D eigenvalue weighted by atomic mass is 32.2. The molecule has 21 heavy (non-hydrogen) atoms. The summed E-state index contributed by atoms with van der Waals surface area (Å²) in [5.41, 5.74) is 1.64. The van der Waals surface area contributed by atoms with E-state index in [0.717, 1.165) is 31.2 Å². The van der Waals surface area contributed by atoms with Crippen LogP contribution in [0.4, 0.5) is 0 Å². The van der Waals surface area contributed by atoms with Gasteiger partial charge in [0, 0.05) is 20.3 Å². The van der Waals surface area contributed by atoms with Gasteiger partial charge < -0.3 is 9.84 Å². The van der Waals surface area contributed by atoms with Crippen molar-refractivity contribution in [1.29, 1.82) is 0 Å². The van der Waals surface area contributed by atoms with E-state index in [-0.39, 0.29) is 11.5 Å². The molecule has 0 amide bonds. The van der Waals surface area contributed by atoms with Crippen molar-refractivity contribution in [3.05, 3.63) is 29.3 Å². The molecular weight excluding hydrogens is 290 g/mol. The lowest BCUT2D eigenvalue weighted by Gasteiger charge is -2.10. The summed E-state index contributed by atoms with van der Waals surface area (Å²) in [6, 6.07) is 4.90. The number of rotatable bonds is 10. The zero-order valence-corrected chi connectivity index (χ0v) is 13.6. The maximum Gasteiger partial charge on any atom is 0.240 e. The molecule has 0 saturated heterocycles. The van der Waals surface area contributed by atoms with Crippen LogP contribution in [-0.2, 0) is 27.8 Å². The van der Waals surface area contributed by atoms with E-state index < -0.39 is 10.0 Å². The molecule has 0 heterocycles. The molecule has 0 aliphatic carbocycles. The molecule has 1 rings (SSSR count). The van der Waals surface area contributed by atoms with Gasteiger partial charge in [-0.25, -0.2) is 13.1 Å². The average Bonchev–Trinajstić information content (AvgIpc) is 2.49. The highest BCUT2D eigenvalue weighted by molar-refractivity contribution is 7.89. The van der Waals surface area contributed by atoms with Gasteiger partial charge in [0.15, 0.2) is 0 Å². The van der Waals surface area contributed by atoms with Gasteiger partial charge in [-0.15, -0.1) is 0 Å². The summed E-state index contributed by atoms with van der Waals surface area (Å²) in [5, 5.41) is 9.31. The van der Waals surface area contributed by atoms with Crippen LogP contribution in [0.1, 0.15) is 37.3 Å². The fourth-order valence-electron chi connectivity index (χ4n) is 2.10. The fraction of sp³-hybridized carbons (Fsp3) is 0.600. The summed E-state index contributed by atoms with van der Waals surface area (Å²) in [4.78, 5) is 0.209. The largest absolute Gasteiger partial charge is 0.392 e. The summed E-state index contributed by atoms with van der Waals surface area (Å²) >= 11 is 0. The molecule has 0 aliphatic heterocycles. The van der Waals surface area contributed by atoms with E-state index in [9.17, 15) is 13.5 Å². The number of ether oxygens (including phenoxy) is 1. The number of methoxy groups -OCH3 is 1. The average molecular weight is 315 g/mol. The predicted octanol–water partition coefficient (Wildman–Crippen LogP) is 1.84. The first kappa shape index (κ1) is 18.1. The number of benzene rings is 1. The Morgan fingerprint density at radius 1 is 1.19 bits per heavy atom. The Morgan fingerprint density at radius 2 is 1.95 bits per heavy atom. The molecule has 1 aromatic carbocycles. The van der Waals surface area contributed by atoms with Crippen molar-refractivity contribution in [1.82, 2.24) is 4.72 Å². The summed E-state index contributed by atoms with van der Waals surface area (Å²) in [6.45, 7) is 2.94. The monoisotopic (exact) mass is 315 g/mol. The number of aliphatic hydroxyl groups excluding tert-OH is 1. The molecule has 0 radical (unpaired) electrons. The predicted molar refractivity (Wildman–Crippen MR) is 82.7 cm³/mol. The first-order valence-electron chi connectivity index (χ1n) is 7.26. The smallest absolute Gasteiger partial charge is 0.240 e. The number of hydrogen-bond acceptors (Lipinski definition) is 4. The quantitative estimate of drug-likeness (QED) is 0.646. The molecule has 6 heteroatoms. The molecule has 0 fully saturated rings. The number of aliphatic hydroxyl groups is 1. The molecule has 1 aromatic rings. The van der Waals surface area contributed by atoms with Crippen LogP contribution in [0.5, 0.6) is 0 Å².